The van der Waals surface area contributed by atoms with E-state index in [-0.39, 0.29) is 37.6 Å². The molecular weight excluding hydrogens is 394 g/mol. The molecule has 2 aromatic rings. The molecule has 2 rings (SSSR count). The van der Waals surface area contributed by atoms with Crippen LogP contribution in [0.15, 0.2) is 48.5 Å². The molecule has 0 aliphatic carbocycles. The lowest BCUT2D eigenvalue weighted by molar-refractivity contribution is -0.121. The van der Waals surface area contributed by atoms with Crippen LogP contribution < -0.4 is 20.7 Å². The van der Waals surface area contributed by atoms with E-state index in [4.69, 9.17) is 16.3 Å². The molecule has 29 heavy (non-hydrogen) atoms. The normalized spacial score (nSPS) is 12.7. The second-order valence-electron chi connectivity index (χ2n) is 6.65. The molecule has 2 unspecified atom stereocenters. The number of carbonyl (C=O) groups is 2. The van der Waals surface area contributed by atoms with Gasteiger partial charge >= 0.3 is 0 Å². The first-order valence-corrected chi connectivity index (χ1v) is 9.66. The van der Waals surface area contributed by atoms with Crippen molar-refractivity contribution in [2.45, 2.75) is 32.5 Å². The molecule has 0 bridgehead atoms. The summed E-state index contributed by atoms with van der Waals surface area (Å²) in [5.41, 5.74) is 1.52. The van der Waals surface area contributed by atoms with Gasteiger partial charge in [-0.2, -0.15) is 0 Å². The molecule has 0 spiro atoms. The molecule has 8 heteroatoms. The van der Waals surface area contributed by atoms with Crippen molar-refractivity contribution in [3.8, 4) is 5.75 Å². The second kappa shape index (κ2) is 11.4. The summed E-state index contributed by atoms with van der Waals surface area (Å²) in [6.45, 7) is 3.56. The number of anilines is 1. The number of hydrogen-bond donors (Lipinski definition) is 4. The third-order valence-corrected chi connectivity index (χ3v) is 4.26. The first kappa shape index (κ1) is 22.7. The summed E-state index contributed by atoms with van der Waals surface area (Å²) in [5.74, 6) is 0.216. The van der Waals surface area contributed by atoms with Crippen LogP contribution in [0.1, 0.15) is 19.4 Å². The van der Waals surface area contributed by atoms with E-state index in [1.165, 1.54) is 6.92 Å². The van der Waals surface area contributed by atoms with E-state index in [1.807, 2.05) is 0 Å². The van der Waals surface area contributed by atoms with Crippen molar-refractivity contribution in [3.05, 3.63) is 59.1 Å². The van der Waals surface area contributed by atoms with Crippen LogP contribution in [0.3, 0.4) is 0 Å². The highest BCUT2D eigenvalue weighted by Crippen LogP contribution is 2.23. The molecule has 0 saturated heterocycles. The fourth-order valence-electron chi connectivity index (χ4n) is 2.56. The third-order valence-electron chi connectivity index (χ3n) is 3.94. The van der Waals surface area contributed by atoms with Gasteiger partial charge in [0, 0.05) is 19.2 Å². The molecule has 156 valence electrons. The average Bonchev–Trinajstić information content (AvgIpc) is 2.67. The Hall–Kier alpha value is -2.61. The number of aliphatic hydroxyl groups is 1. The Morgan fingerprint density at radius 2 is 1.83 bits per heavy atom. The van der Waals surface area contributed by atoms with Gasteiger partial charge in [-0.3, -0.25) is 14.9 Å². The molecule has 0 fully saturated rings. The number of nitrogens with one attached hydrogen (secondary N) is 3. The molecular formula is C21H26ClN3O4. The number of aliphatic hydroxyl groups excluding tert-OH is 1. The molecule has 2 amide bonds. The molecule has 4 N–H and O–H groups in total. The van der Waals surface area contributed by atoms with Crippen LogP contribution in [-0.4, -0.2) is 42.3 Å². The SMILES string of the molecule is CC(=O)Nc1ccc(CC(=O)NC(C)NCC(O)COc2ccccc2Cl)cc1. The Bertz CT molecular complexity index is 814. The monoisotopic (exact) mass is 419 g/mol. The molecule has 2 atom stereocenters. The highest BCUT2D eigenvalue weighted by Gasteiger charge is 2.11. The fraction of sp³-hybridized carbons (Fsp3) is 0.333. The van der Waals surface area contributed by atoms with Crippen molar-refractivity contribution in [1.82, 2.24) is 10.6 Å². The number of ether oxygens (including phenoxy) is 1. The van der Waals surface area contributed by atoms with Crippen LogP contribution in [-0.2, 0) is 16.0 Å². The van der Waals surface area contributed by atoms with E-state index in [0.717, 1.165) is 5.56 Å². The lowest BCUT2D eigenvalue weighted by Gasteiger charge is -2.19. The maximum atomic E-state index is 12.2. The second-order valence-corrected chi connectivity index (χ2v) is 7.05. The summed E-state index contributed by atoms with van der Waals surface area (Å²) in [5, 5.41) is 19.1. The predicted octanol–water partition coefficient (Wildman–Crippen LogP) is 2.33. The van der Waals surface area contributed by atoms with Gasteiger partial charge in [0.05, 0.1) is 17.6 Å². The molecule has 0 aliphatic rings. The Morgan fingerprint density at radius 1 is 1.14 bits per heavy atom. The van der Waals surface area contributed by atoms with Gasteiger partial charge in [-0.1, -0.05) is 35.9 Å². The molecule has 7 nitrogen and oxygen atoms in total. The van der Waals surface area contributed by atoms with E-state index < -0.39 is 6.10 Å². The Balaban J connectivity index is 1.68. The highest BCUT2D eigenvalue weighted by molar-refractivity contribution is 6.32. The lowest BCUT2D eigenvalue weighted by Crippen LogP contribution is -2.47. The van der Waals surface area contributed by atoms with Gasteiger partial charge in [-0.05, 0) is 36.8 Å². The van der Waals surface area contributed by atoms with Crippen LogP contribution in [0.5, 0.6) is 5.75 Å². The maximum absolute atomic E-state index is 12.2. The molecule has 0 aromatic heterocycles. The number of halogens is 1. The first-order valence-electron chi connectivity index (χ1n) is 9.28. The van der Waals surface area contributed by atoms with Crippen molar-refractivity contribution in [1.29, 1.82) is 0 Å². The van der Waals surface area contributed by atoms with Crippen LogP contribution in [0, 0.1) is 0 Å². The minimum atomic E-state index is -0.757. The van der Waals surface area contributed by atoms with Crippen molar-refractivity contribution in [3.63, 3.8) is 0 Å². The van der Waals surface area contributed by atoms with Crippen molar-refractivity contribution >= 4 is 29.1 Å². The summed E-state index contributed by atoms with van der Waals surface area (Å²) >= 11 is 6.00. The molecule has 0 heterocycles. The van der Waals surface area contributed by atoms with Crippen LogP contribution >= 0.6 is 11.6 Å². The average molecular weight is 420 g/mol. The lowest BCUT2D eigenvalue weighted by atomic mass is 10.1. The van der Waals surface area contributed by atoms with E-state index in [0.29, 0.717) is 16.5 Å². The Kier molecular flexibility index (Phi) is 8.92. The van der Waals surface area contributed by atoms with Gasteiger partial charge in [0.15, 0.2) is 0 Å². The number of benzene rings is 2. The number of amides is 2. The number of carbonyl (C=O) groups excluding carboxylic acids is 2. The van der Waals surface area contributed by atoms with Gasteiger partial charge in [0.1, 0.15) is 18.5 Å². The van der Waals surface area contributed by atoms with Crippen LogP contribution in [0.4, 0.5) is 5.69 Å². The standard InChI is InChI=1S/C21H26ClN3O4/c1-14(23-12-18(27)13-29-20-6-4-3-5-19(20)22)24-21(28)11-16-7-9-17(10-8-16)25-15(2)26/h3-10,14,18,23,27H,11-13H2,1-2H3,(H,24,28)(H,25,26). The number of para-hydroxylation sites is 1. The van der Waals surface area contributed by atoms with Gasteiger partial charge in [-0.15, -0.1) is 0 Å². The molecule has 0 saturated carbocycles. The summed E-state index contributed by atoms with van der Waals surface area (Å²) in [6.07, 6.45) is -0.868. The van der Waals surface area contributed by atoms with Crippen LogP contribution in [0.25, 0.3) is 0 Å². The van der Waals surface area contributed by atoms with Gasteiger partial charge in [-0.25, -0.2) is 0 Å². The predicted molar refractivity (Wildman–Crippen MR) is 113 cm³/mol. The first-order chi connectivity index (χ1) is 13.8. The van der Waals surface area contributed by atoms with Gasteiger partial charge in [0.2, 0.25) is 11.8 Å². The minimum absolute atomic E-state index is 0.0814. The fourth-order valence-corrected chi connectivity index (χ4v) is 2.75. The summed E-state index contributed by atoms with van der Waals surface area (Å²) in [4.78, 5) is 23.2. The number of hydrogen-bond acceptors (Lipinski definition) is 5. The van der Waals surface area contributed by atoms with Crippen molar-refractivity contribution in [2.24, 2.45) is 0 Å². The van der Waals surface area contributed by atoms with E-state index in [9.17, 15) is 14.7 Å². The Morgan fingerprint density at radius 3 is 2.48 bits per heavy atom. The van der Waals surface area contributed by atoms with E-state index in [1.54, 1.807) is 55.5 Å². The molecule has 0 aliphatic heterocycles. The zero-order chi connectivity index (χ0) is 21.2. The highest BCUT2D eigenvalue weighted by atomic mass is 35.5. The Labute approximate surface area is 175 Å². The van der Waals surface area contributed by atoms with Gasteiger partial charge in [0.25, 0.3) is 0 Å². The zero-order valence-corrected chi connectivity index (χ0v) is 17.2. The smallest absolute Gasteiger partial charge is 0.225 e. The third kappa shape index (κ3) is 8.51. The van der Waals surface area contributed by atoms with Crippen LogP contribution in [0.2, 0.25) is 5.02 Å². The van der Waals surface area contributed by atoms with E-state index >= 15 is 0 Å². The summed E-state index contributed by atoms with van der Waals surface area (Å²) in [7, 11) is 0. The minimum Gasteiger partial charge on any atom is -0.489 e. The van der Waals surface area contributed by atoms with E-state index in [2.05, 4.69) is 16.0 Å². The molecule has 2 aromatic carbocycles. The quantitative estimate of drug-likeness (QED) is 0.443. The zero-order valence-electron chi connectivity index (χ0n) is 16.4. The van der Waals surface area contributed by atoms with Crippen molar-refractivity contribution < 1.29 is 19.4 Å². The summed E-state index contributed by atoms with van der Waals surface area (Å²) in [6, 6.07) is 14.1. The summed E-state index contributed by atoms with van der Waals surface area (Å²) < 4.78 is 5.49. The largest absolute Gasteiger partial charge is 0.489 e. The van der Waals surface area contributed by atoms with Crippen molar-refractivity contribution in [2.75, 3.05) is 18.5 Å². The topological polar surface area (TPSA) is 99.7 Å². The molecule has 0 radical (unpaired) electrons. The van der Waals surface area contributed by atoms with Gasteiger partial charge < -0.3 is 20.5 Å². The maximum Gasteiger partial charge on any atom is 0.225 e. The number of rotatable bonds is 10.